The van der Waals surface area contributed by atoms with Crippen LogP contribution in [0.4, 0.5) is 0 Å². The molecule has 0 saturated heterocycles. The number of furan rings is 1. The van der Waals surface area contributed by atoms with Gasteiger partial charge in [-0.25, -0.2) is 4.79 Å². The van der Waals surface area contributed by atoms with Gasteiger partial charge in [-0.1, -0.05) is 23.7 Å². The molecule has 20 heavy (non-hydrogen) atoms. The van der Waals surface area contributed by atoms with Gasteiger partial charge in [0.25, 0.3) is 0 Å². The molecule has 0 radical (unpaired) electrons. The van der Waals surface area contributed by atoms with E-state index in [0.29, 0.717) is 17.3 Å². The van der Waals surface area contributed by atoms with Crippen LogP contribution in [0.1, 0.15) is 34.8 Å². The number of carbonyl (C=O) groups is 1. The molecule has 1 aromatic carbocycles. The van der Waals surface area contributed by atoms with Gasteiger partial charge in [0.2, 0.25) is 5.76 Å². The molecule has 106 valence electrons. The highest BCUT2D eigenvalue weighted by Crippen LogP contribution is 2.18. The van der Waals surface area contributed by atoms with Crippen molar-refractivity contribution in [3.05, 3.63) is 58.5 Å². The largest absolute Gasteiger partial charge is 0.463 e. The summed E-state index contributed by atoms with van der Waals surface area (Å²) >= 11 is 5.96. The molecule has 0 amide bonds. The molecule has 0 bridgehead atoms. The first-order valence-electron chi connectivity index (χ1n) is 6.26. The van der Waals surface area contributed by atoms with Gasteiger partial charge in [0, 0.05) is 11.1 Å². The van der Waals surface area contributed by atoms with Crippen molar-refractivity contribution in [3.63, 3.8) is 0 Å². The maximum atomic E-state index is 11.3. The summed E-state index contributed by atoms with van der Waals surface area (Å²) in [7, 11) is 1.32. The van der Waals surface area contributed by atoms with E-state index < -0.39 is 5.97 Å². The Morgan fingerprint density at radius 1 is 1.40 bits per heavy atom. The van der Waals surface area contributed by atoms with Crippen molar-refractivity contribution in [1.29, 1.82) is 0 Å². The lowest BCUT2D eigenvalue weighted by Crippen LogP contribution is -2.17. The number of esters is 1. The minimum Gasteiger partial charge on any atom is -0.463 e. The highest BCUT2D eigenvalue weighted by Gasteiger charge is 2.12. The molecular formula is C15H16ClNO3. The fraction of sp³-hybridized carbons (Fsp3) is 0.267. The Bertz CT molecular complexity index is 594. The maximum absolute atomic E-state index is 11.3. The van der Waals surface area contributed by atoms with Gasteiger partial charge in [-0.15, -0.1) is 0 Å². The molecule has 4 nitrogen and oxygen atoms in total. The van der Waals surface area contributed by atoms with Crippen LogP contribution < -0.4 is 5.32 Å². The molecule has 0 aliphatic rings. The summed E-state index contributed by atoms with van der Waals surface area (Å²) in [5.74, 6) is 0.415. The number of hydrogen-bond donors (Lipinski definition) is 1. The van der Waals surface area contributed by atoms with Crippen LogP contribution in [0.3, 0.4) is 0 Å². The van der Waals surface area contributed by atoms with Gasteiger partial charge >= 0.3 is 5.97 Å². The fourth-order valence-electron chi connectivity index (χ4n) is 1.83. The lowest BCUT2D eigenvalue weighted by atomic mass is 10.1. The summed E-state index contributed by atoms with van der Waals surface area (Å²) in [4.78, 5) is 11.3. The monoisotopic (exact) mass is 293 g/mol. The van der Waals surface area contributed by atoms with E-state index in [0.717, 1.165) is 5.56 Å². The number of halogens is 1. The second-order valence-electron chi connectivity index (χ2n) is 4.42. The third-order valence-corrected chi connectivity index (χ3v) is 3.21. The Kier molecular flexibility index (Phi) is 4.82. The number of benzene rings is 1. The van der Waals surface area contributed by atoms with E-state index in [1.807, 2.05) is 31.2 Å². The quantitative estimate of drug-likeness (QED) is 0.856. The standard InChI is InChI=1S/C15H16ClNO3/c1-10(11-4-3-5-12(16)8-11)17-9-13-6-7-14(20-13)15(18)19-2/h3-8,10,17H,9H2,1-2H3/t10-/m0/s1. The normalized spacial score (nSPS) is 12.2. The van der Waals surface area contributed by atoms with E-state index in [-0.39, 0.29) is 11.8 Å². The van der Waals surface area contributed by atoms with Crippen molar-refractivity contribution in [2.75, 3.05) is 7.11 Å². The molecule has 2 aromatic rings. The van der Waals surface area contributed by atoms with E-state index in [9.17, 15) is 4.79 Å². The average molecular weight is 294 g/mol. The summed E-state index contributed by atoms with van der Waals surface area (Å²) in [6.45, 7) is 2.56. The molecule has 2 rings (SSSR count). The molecule has 0 aliphatic carbocycles. The molecule has 1 atom stereocenters. The van der Waals surface area contributed by atoms with Gasteiger partial charge in [0.05, 0.1) is 13.7 Å². The van der Waals surface area contributed by atoms with Gasteiger partial charge in [0.15, 0.2) is 0 Å². The lowest BCUT2D eigenvalue weighted by molar-refractivity contribution is 0.0563. The van der Waals surface area contributed by atoms with Crippen molar-refractivity contribution in [3.8, 4) is 0 Å². The molecule has 1 N–H and O–H groups in total. The second kappa shape index (κ2) is 6.59. The highest BCUT2D eigenvalue weighted by molar-refractivity contribution is 6.30. The van der Waals surface area contributed by atoms with Gasteiger partial charge in [-0.05, 0) is 36.8 Å². The van der Waals surface area contributed by atoms with Gasteiger partial charge in [0.1, 0.15) is 5.76 Å². The number of methoxy groups -OCH3 is 1. The Hall–Kier alpha value is -1.78. The van der Waals surface area contributed by atoms with E-state index in [4.69, 9.17) is 16.0 Å². The van der Waals surface area contributed by atoms with Gasteiger partial charge < -0.3 is 14.5 Å². The maximum Gasteiger partial charge on any atom is 0.373 e. The predicted molar refractivity (Wildman–Crippen MR) is 76.8 cm³/mol. The van der Waals surface area contributed by atoms with Crippen LogP contribution in [0.25, 0.3) is 0 Å². The number of ether oxygens (including phenoxy) is 1. The summed E-state index contributed by atoms with van der Waals surface area (Å²) in [5, 5.41) is 4.02. The number of nitrogens with one attached hydrogen (secondary N) is 1. The second-order valence-corrected chi connectivity index (χ2v) is 4.85. The molecule has 0 spiro atoms. The topological polar surface area (TPSA) is 51.5 Å². The fourth-order valence-corrected chi connectivity index (χ4v) is 2.03. The van der Waals surface area contributed by atoms with E-state index in [1.165, 1.54) is 7.11 Å². The van der Waals surface area contributed by atoms with Crippen LogP contribution in [-0.4, -0.2) is 13.1 Å². The molecule has 1 aromatic heterocycles. The zero-order valence-electron chi connectivity index (χ0n) is 11.4. The van der Waals surface area contributed by atoms with Crippen LogP contribution in [0.2, 0.25) is 5.02 Å². The first-order chi connectivity index (χ1) is 9.60. The van der Waals surface area contributed by atoms with Crippen molar-refractivity contribution in [2.45, 2.75) is 19.5 Å². The number of hydrogen-bond acceptors (Lipinski definition) is 4. The van der Waals surface area contributed by atoms with E-state index >= 15 is 0 Å². The van der Waals surface area contributed by atoms with Crippen molar-refractivity contribution in [1.82, 2.24) is 5.32 Å². The number of rotatable bonds is 5. The third-order valence-electron chi connectivity index (χ3n) is 2.98. The van der Waals surface area contributed by atoms with E-state index in [2.05, 4.69) is 10.1 Å². The minimum absolute atomic E-state index is 0.125. The zero-order valence-corrected chi connectivity index (χ0v) is 12.1. The summed E-state index contributed by atoms with van der Waals surface area (Å²) < 4.78 is 9.97. The molecule has 0 saturated carbocycles. The average Bonchev–Trinajstić information content (AvgIpc) is 2.92. The van der Waals surface area contributed by atoms with Crippen LogP contribution in [0, 0.1) is 0 Å². The molecule has 0 fully saturated rings. The van der Waals surface area contributed by atoms with Gasteiger partial charge in [-0.3, -0.25) is 0 Å². The Morgan fingerprint density at radius 2 is 2.20 bits per heavy atom. The third kappa shape index (κ3) is 3.62. The summed E-state index contributed by atoms with van der Waals surface area (Å²) in [6.07, 6.45) is 0. The van der Waals surface area contributed by atoms with Crippen LogP contribution in [-0.2, 0) is 11.3 Å². The summed E-state index contributed by atoms with van der Waals surface area (Å²) in [6, 6.07) is 11.2. The SMILES string of the molecule is COC(=O)c1ccc(CN[C@@H](C)c2cccc(Cl)c2)o1. The molecular weight excluding hydrogens is 278 g/mol. The smallest absolute Gasteiger partial charge is 0.373 e. The van der Waals surface area contributed by atoms with Gasteiger partial charge in [-0.2, -0.15) is 0 Å². The first-order valence-corrected chi connectivity index (χ1v) is 6.64. The van der Waals surface area contributed by atoms with E-state index in [1.54, 1.807) is 12.1 Å². The predicted octanol–water partition coefficient (Wildman–Crippen LogP) is 3.57. The van der Waals surface area contributed by atoms with Crippen LogP contribution >= 0.6 is 11.6 Å². The molecule has 1 heterocycles. The minimum atomic E-state index is -0.473. The van der Waals surface area contributed by atoms with Crippen molar-refractivity contribution >= 4 is 17.6 Å². The number of carbonyl (C=O) groups excluding carboxylic acids is 1. The Morgan fingerprint density at radius 3 is 2.90 bits per heavy atom. The zero-order chi connectivity index (χ0) is 14.5. The highest BCUT2D eigenvalue weighted by atomic mass is 35.5. The first kappa shape index (κ1) is 14.6. The Balaban J connectivity index is 1.95. The lowest BCUT2D eigenvalue weighted by Gasteiger charge is -2.13. The molecule has 0 aliphatic heterocycles. The van der Waals surface area contributed by atoms with Crippen LogP contribution in [0.15, 0.2) is 40.8 Å². The van der Waals surface area contributed by atoms with Crippen molar-refractivity contribution in [2.24, 2.45) is 0 Å². The van der Waals surface area contributed by atoms with Crippen molar-refractivity contribution < 1.29 is 13.9 Å². The molecule has 5 heteroatoms. The molecule has 0 unspecified atom stereocenters. The Labute approximate surface area is 122 Å². The van der Waals surface area contributed by atoms with Crippen LogP contribution in [0.5, 0.6) is 0 Å². The summed E-state index contributed by atoms with van der Waals surface area (Å²) in [5.41, 5.74) is 1.09.